The number of fused-ring (bicyclic) bond motifs is 1. The minimum absolute atomic E-state index is 0.0440. The molecule has 120 valence electrons. The number of nitrogens with one attached hydrogen (secondary N) is 1. The molecule has 2 aromatic rings. The number of esters is 1. The molecule has 0 aliphatic carbocycles. The van der Waals surface area contributed by atoms with E-state index in [0.29, 0.717) is 29.1 Å². The van der Waals surface area contributed by atoms with Crippen molar-refractivity contribution in [1.82, 2.24) is 5.16 Å². The van der Waals surface area contributed by atoms with Crippen LogP contribution in [0.2, 0.25) is 0 Å². The summed E-state index contributed by atoms with van der Waals surface area (Å²) in [7, 11) is 0. The first-order valence-corrected chi connectivity index (χ1v) is 8.18. The van der Waals surface area contributed by atoms with Gasteiger partial charge in [-0.15, -0.1) is 11.8 Å². The summed E-state index contributed by atoms with van der Waals surface area (Å²) in [6.07, 6.45) is 0.463. The van der Waals surface area contributed by atoms with Crippen LogP contribution in [0, 0.1) is 13.8 Å². The van der Waals surface area contributed by atoms with E-state index in [1.54, 1.807) is 37.7 Å². The molecule has 0 radical (unpaired) electrons. The van der Waals surface area contributed by atoms with Crippen LogP contribution in [-0.4, -0.2) is 22.8 Å². The zero-order valence-corrected chi connectivity index (χ0v) is 13.7. The summed E-state index contributed by atoms with van der Waals surface area (Å²) in [5.41, 5.74) is 2.54. The maximum Gasteiger partial charge on any atom is 0.338 e. The van der Waals surface area contributed by atoms with E-state index in [1.165, 1.54) is 0 Å². The Morgan fingerprint density at radius 2 is 2.26 bits per heavy atom. The number of aryl methyl sites for hydroxylation is 2. The van der Waals surface area contributed by atoms with E-state index < -0.39 is 5.97 Å². The zero-order valence-electron chi connectivity index (χ0n) is 12.8. The summed E-state index contributed by atoms with van der Waals surface area (Å²) in [5, 5.41) is 6.64. The van der Waals surface area contributed by atoms with Crippen molar-refractivity contribution in [3.8, 4) is 0 Å². The highest BCUT2D eigenvalue weighted by atomic mass is 32.2. The molecule has 1 aliphatic rings. The highest BCUT2D eigenvalue weighted by Gasteiger charge is 2.17. The molecule has 0 fully saturated rings. The van der Waals surface area contributed by atoms with Gasteiger partial charge in [-0.25, -0.2) is 4.79 Å². The molecule has 1 aromatic carbocycles. The van der Waals surface area contributed by atoms with Crippen molar-refractivity contribution in [2.75, 3.05) is 11.1 Å². The number of ether oxygens (including phenoxy) is 1. The first-order valence-electron chi connectivity index (χ1n) is 7.20. The molecule has 1 N–H and O–H groups in total. The molecule has 1 aliphatic heterocycles. The number of carbonyl (C=O) groups is 2. The molecule has 1 aromatic heterocycles. The molecule has 23 heavy (non-hydrogen) atoms. The topological polar surface area (TPSA) is 81.4 Å². The number of anilines is 1. The van der Waals surface area contributed by atoms with Crippen LogP contribution in [0.15, 0.2) is 27.6 Å². The fourth-order valence-electron chi connectivity index (χ4n) is 2.28. The van der Waals surface area contributed by atoms with Gasteiger partial charge in [-0.05, 0) is 32.0 Å². The highest BCUT2D eigenvalue weighted by Crippen LogP contribution is 2.31. The van der Waals surface area contributed by atoms with Gasteiger partial charge >= 0.3 is 5.97 Å². The Kier molecular flexibility index (Phi) is 4.38. The van der Waals surface area contributed by atoms with Crippen LogP contribution in [-0.2, 0) is 16.1 Å². The van der Waals surface area contributed by atoms with E-state index in [2.05, 4.69) is 10.5 Å². The average Bonchev–Trinajstić information content (AvgIpc) is 2.73. The first-order chi connectivity index (χ1) is 11.0. The molecule has 0 spiro atoms. The van der Waals surface area contributed by atoms with Gasteiger partial charge in [0.25, 0.3) is 0 Å². The summed E-state index contributed by atoms with van der Waals surface area (Å²) in [5.74, 6) is 0.879. The van der Waals surface area contributed by atoms with Crippen molar-refractivity contribution >= 4 is 29.3 Å². The summed E-state index contributed by atoms with van der Waals surface area (Å²) in [6.45, 7) is 3.69. The van der Waals surface area contributed by atoms with E-state index >= 15 is 0 Å². The van der Waals surface area contributed by atoms with Crippen LogP contribution in [0.1, 0.15) is 33.8 Å². The number of nitrogens with zero attached hydrogens (tertiary/aromatic N) is 1. The van der Waals surface area contributed by atoms with Gasteiger partial charge in [0, 0.05) is 17.1 Å². The number of rotatable bonds is 3. The second-order valence-corrected chi connectivity index (χ2v) is 6.37. The number of thioether (sulfide) groups is 1. The van der Waals surface area contributed by atoms with Crippen LogP contribution in [0.3, 0.4) is 0 Å². The van der Waals surface area contributed by atoms with Crippen LogP contribution < -0.4 is 5.32 Å². The second-order valence-electron chi connectivity index (χ2n) is 5.24. The lowest BCUT2D eigenvalue weighted by atomic mass is 10.2. The van der Waals surface area contributed by atoms with E-state index in [-0.39, 0.29) is 12.5 Å². The quantitative estimate of drug-likeness (QED) is 0.870. The van der Waals surface area contributed by atoms with Gasteiger partial charge in [0.2, 0.25) is 5.91 Å². The normalized spacial score (nSPS) is 13.9. The molecular weight excluding hydrogens is 316 g/mol. The molecule has 0 saturated carbocycles. The minimum Gasteiger partial charge on any atom is -0.457 e. The van der Waals surface area contributed by atoms with Crippen molar-refractivity contribution in [3.05, 3.63) is 40.8 Å². The molecule has 6 nitrogen and oxygen atoms in total. The molecule has 1 amide bonds. The Hall–Kier alpha value is -2.28. The zero-order chi connectivity index (χ0) is 16.4. The number of hydrogen-bond acceptors (Lipinski definition) is 6. The lowest BCUT2D eigenvalue weighted by Crippen LogP contribution is -2.11. The predicted octanol–water partition coefficient (Wildman–Crippen LogP) is 3.08. The third-order valence-electron chi connectivity index (χ3n) is 3.60. The maximum atomic E-state index is 12.2. The Morgan fingerprint density at radius 3 is 3.00 bits per heavy atom. The van der Waals surface area contributed by atoms with Gasteiger partial charge < -0.3 is 14.6 Å². The first kappa shape index (κ1) is 15.6. The van der Waals surface area contributed by atoms with Crippen LogP contribution in [0.4, 0.5) is 5.69 Å². The Bertz CT molecular complexity index is 750. The Labute approximate surface area is 137 Å². The van der Waals surface area contributed by atoms with Gasteiger partial charge in [-0.1, -0.05) is 5.16 Å². The standard InChI is InChI=1S/C16H16N2O4S/c1-9-12(10(2)22-18-9)8-21-16(20)11-3-4-14-13(7-11)17-15(19)5-6-23-14/h3-4,7H,5-6,8H2,1-2H3,(H,17,19). The van der Waals surface area contributed by atoms with Gasteiger partial charge in [0.1, 0.15) is 12.4 Å². The number of benzene rings is 1. The van der Waals surface area contributed by atoms with Gasteiger partial charge in [-0.3, -0.25) is 4.79 Å². The Balaban J connectivity index is 1.74. The molecule has 0 saturated heterocycles. The molecule has 2 heterocycles. The largest absolute Gasteiger partial charge is 0.457 e. The summed E-state index contributed by atoms with van der Waals surface area (Å²) >= 11 is 1.59. The summed E-state index contributed by atoms with van der Waals surface area (Å²) in [6, 6.07) is 5.19. The highest BCUT2D eigenvalue weighted by molar-refractivity contribution is 7.99. The number of hydrogen-bond donors (Lipinski definition) is 1. The lowest BCUT2D eigenvalue weighted by Gasteiger charge is -2.09. The van der Waals surface area contributed by atoms with Crippen molar-refractivity contribution < 1.29 is 18.8 Å². The third-order valence-corrected chi connectivity index (χ3v) is 4.68. The van der Waals surface area contributed by atoms with Gasteiger partial charge in [-0.2, -0.15) is 0 Å². The summed E-state index contributed by atoms with van der Waals surface area (Å²) in [4.78, 5) is 24.8. The molecular formula is C16H16N2O4S. The molecule has 7 heteroatoms. The van der Waals surface area contributed by atoms with Crippen molar-refractivity contribution in [2.24, 2.45) is 0 Å². The number of carbonyl (C=O) groups excluding carboxylic acids is 2. The van der Waals surface area contributed by atoms with Crippen molar-refractivity contribution in [1.29, 1.82) is 0 Å². The second kappa shape index (κ2) is 6.45. The van der Waals surface area contributed by atoms with Crippen molar-refractivity contribution in [2.45, 2.75) is 31.8 Å². The molecule has 0 unspecified atom stereocenters. The minimum atomic E-state index is -0.448. The fraction of sp³-hybridized carbons (Fsp3) is 0.312. The van der Waals surface area contributed by atoms with Crippen molar-refractivity contribution in [3.63, 3.8) is 0 Å². The average molecular weight is 332 g/mol. The summed E-state index contributed by atoms with van der Waals surface area (Å²) < 4.78 is 10.4. The maximum absolute atomic E-state index is 12.2. The molecule has 0 bridgehead atoms. The van der Waals surface area contributed by atoms with Gasteiger partial charge in [0.05, 0.1) is 22.5 Å². The van der Waals surface area contributed by atoms with E-state index in [0.717, 1.165) is 16.2 Å². The van der Waals surface area contributed by atoms with Gasteiger partial charge in [0.15, 0.2) is 0 Å². The lowest BCUT2D eigenvalue weighted by molar-refractivity contribution is -0.115. The van der Waals surface area contributed by atoms with Crippen LogP contribution >= 0.6 is 11.8 Å². The molecule has 3 rings (SSSR count). The molecule has 0 atom stereocenters. The van der Waals surface area contributed by atoms with E-state index in [4.69, 9.17) is 9.26 Å². The van der Waals surface area contributed by atoms with Crippen LogP contribution in [0.25, 0.3) is 0 Å². The third kappa shape index (κ3) is 3.39. The predicted molar refractivity (Wildman–Crippen MR) is 85.5 cm³/mol. The fourth-order valence-corrected chi connectivity index (χ4v) is 3.21. The number of amides is 1. The SMILES string of the molecule is Cc1noc(C)c1COC(=O)c1ccc2c(c1)NC(=O)CCS2. The Morgan fingerprint density at radius 1 is 1.43 bits per heavy atom. The number of aromatic nitrogens is 1. The monoisotopic (exact) mass is 332 g/mol. The van der Waals surface area contributed by atoms with E-state index in [9.17, 15) is 9.59 Å². The smallest absolute Gasteiger partial charge is 0.338 e. The van der Waals surface area contributed by atoms with E-state index in [1.807, 2.05) is 6.07 Å². The van der Waals surface area contributed by atoms with Crippen LogP contribution in [0.5, 0.6) is 0 Å².